The third-order valence-electron chi connectivity index (χ3n) is 2.53. The van der Waals surface area contributed by atoms with Crippen LogP contribution in [0.3, 0.4) is 0 Å². The number of hydrogen-bond donors (Lipinski definition) is 1. The van der Waals surface area contributed by atoms with Crippen molar-refractivity contribution in [1.82, 2.24) is 4.98 Å². The van der Waals surface area contributed by atoms with E-state index < -0.39 is 17.3 Å². The van der Waals surface area contributed by atoms with Crippen molar-refractivity contribution < 1.29 is 14.3 Å². The lowest BCUT2D eigenvalue weighted by Crippen LogP contribution is -2.04. The van der Waals surface area contributed by atoms with Crippen LogP contribution < -0.4 is 0 Å². The predicted octanol–water partition coefficient (Wildman–Crippen LogP) is 5.85. The van der Waals surface area contributed by atoms with Gasteiger partial charge in [0.1, 0.15) is 5.82 Å². The lowest BCUT2D eigenvalue weighted by molar-refractivity contribution is 0.0697. The summed E-state index contributed by atoms with van der Waals surface area (Å²) < 4.78 is 13.2. The van der Waals surface area contributed by atoms with Crippen molar-refractivity contribution in [2.45, 2.75) is 0 Å². The number of carboxylic acids is 1. The maximum atomic E-state index is 13.2. The number of rotatable bonds is 2. The lowest BCUT2D eigenvalue weighted by Gasteiger charge is -2.13. The van der Waals surface area contributed by atoms with E-state index in [4.69, 9.17) is 63.1 Å². The van der Waals surface area contributed by atoms with Crippen LogP contribution in [0, 0.1) is 5.82 Å². The van der Waals surface area contributed by atoms with Crippen LogP contribution in [0.2, 0.25) is 25.1 Å². The van der Waals surface area contributed by atoms with Gasteiger partial charge in [-0.1, -0.05) is 58.0 Å². The molecule has 3 nitrogen and oxygen atoms in total. The molecule has 9 heteroatoms. The van der Waals surface area contributed by atoms with E-state index in [1.807, 2.05) is 0 Å². The van der Waals surface area contributed by atoms with E-state index >= 15 is 0 Å². The highest BCUT2D eigenvalue weighted by Crippen LogP contribution is 2.48. The molecule has 0 amide bonds. The minimum atomic E-state index is -1.41. The van der Waals surface area contributed by atoms with Gasteiger partial charge in [-0.3, -0.25) is 4.98 Å². The van der Waals surface area contributed by atoms with Gasteiger partial charge in [0.05, 0.1) is 42.6 Å². The quantitative estimate of drug-likeness (QED) is 0.517. The van der Waals surface area contributed by atoms with E-state index in [1.54, 1.807) is 0 Å². The molecule has 1 heterocycles. The molecule has 110 valence electrons. The summed E-state index contributed by atoms with van der Waals surface area (Å²) in [6.45, 7) is 0. The van der Waals surface area contributed by atoms with Crippen molar-refractivity contribution in [3.8, 4) is 11.3 Å². The monoisotopic (exact) mass is 387 g/mol. The van der Waals surface area contributed by atoms with E-state index in [0.717, 1.165) is 12.3 Å². The fourth-order valence-electron chi connectivity index (χ4n) is 1.61. The molecule has 2 rings (SSSR count). The van der Waals surface area contributed by atoms with Crippen molar-refractivity contribution in [1.29, 1.82) is 0 Å². The smallest absolute Gasteiger partial charge is 0.338 e. The molecule has 0 radical (unpaired) electrons. The number of pyridine rings is 1. The average molecular weight is 389 g/mol. The Morgan fingerprint density at radius 1 is 1.00 bits per heavy atom. The summed E-state index contributed by atoms with van der Waals surface area (Å²) in [6, 6.07) is 0.785. The molecular weight excluding hydrogens is 386 g/mol. The van der Waals surface area contributed by atoms with E-state index in [2.05, 4.69) is 4.98 Å². The normalized spacial score (nSPS) is 10.8. The SMILES string of the molecule is O=C(O)c1cc(F)cnc1-c1c(Cl)c(Cl)c(Cl)c(Cl)c1Cl. The zero-order valence-corrected chi connectivity index (χ0v) is 13.5. The molecular formula is C12H3Cl5FNO2. The fraction of sp³-hybridized carbons (Fsp3) is 0. The summed E-state index contributed by atoms with van der Waals surface area (Å²) in [5.41, 5.74) is -0.636. The van der Waals surface area contributed by atoms with Crippen molar-refractivity contribution in [2.24, 2.45) is 0 Å². The summed E-state index contributed by atoms with van der Waals surface area (Å²) in [4.78, 5) is 14.9. The Morgan fingerprint density at radius 2 is 1.48 bits per heavy atom. The number of aromatic carboxylic acids is 1. The first-order chi connectivity index (χ1) is 9.75. The molecule has 0 spiro atoms. The molecule has 0 saturated heterocycles. The molecule has 0 unspecified atom stereocenters. The van der Waals surface area contributed by atoms with Gasteiger partial charge in [-0.25, -0.2) is 9.18 Å². The summed E-state index contributed by atoms with van der Waals surface area (Å²) >= 11 is 29.8. The van der Waals surface area contributed by atoms with Crippen LogP contribution in [-0.2, 0) is 0 Å². The summed E-state index contributed by atoms with van der Waals surface area (Å²) in [7, 11) is 0. The maximum absolute atomic E-state index is 13.2. The molecule has 0 aliphatic heterocycles. The molecule has 0 aliphatic rings. The Balaban J connectivity index is 2.89. The maximum Gasteiger partial charge on any atom is 0.338 e. The predicted molar refractivity (Wildman–Crippen MR) is 81.6 cm³/mol. The standard InChI is InChI=1S/C12H3Cl5FNO2/c13-6-5(7(14)9(16)10(17)8(6)15)11-4(12(20)21)1-3(18)2-19-11/h1-2H,(H,20,21). The van der Waals surface area contributed by atoms with Gasteiger partial charge in [0, 0.05) is 5.56 Å². The number of nitrogens with zero attached hydrogens (tertiary/aromatic N) is 1. The van der Waals surface area contributed by atoms with Gasteiger partial charge in [0.25, 0.3) is 0 Å². The first-order valence-electron chi connectivity index (χ1n) is 5.16. The van der Waals surface area contributed by atoms with Gasteiger partial charge in [0.2, 0.25) is 0 Å². The Morgan fingerprint density at radius 3 is 1.95 bits per heavy atom. The van der Waals surface area contributed by atoms with Crippen LogP contribution >= 0.6 is 58.0 Å². The first kappa shape index (κ1) is 16.6. The second-order valence-electron chi connectivity index (χ2n) is 3.80. The van der Waals surface area contributed by atoms with Crippen molar-refractivity contribution >= 4 is 64.0 Å². The van der Waals surface area contributed by atoms with Gasteiger partial charge in [-0.05, 0) is 6.07 Å². The number of aromatic nitrogens is 1. The van der Waals surface area contributed by atoms with Gasteiger partial charge in [-0.15, -0.1) is 0 Å². The topological polar surface area (TPSA) is 50.2 Å². The minimum absolute atomic E-state index is 0.0323. The lowest BCUT2D eigenvalue weighted by atomic mass is 10.1. The van der Waals surface area contributed by atoms with Gasteiger partial charge in [0.15, 0.2) is 0 Å². The minimum Gasteiger partial charge on any atom is -0.478 e. The van der Waals surface area contributed by atoms with Crippen LogP contribution in [-0.4, -0.2) is 16.1 Å². The Kier molecular flexibility index (Phi) is 4.85. The Hall–Kier alpha value is -0.780. The molecule has 2 aromatic rings. The first-order valence-corrected chi connectivity index (χ1v) is 7.05. The second kappa shape index (κ2) is 6.15. The summed E-state index contributed by atoms with van der Waals surface area (Å²) in [6.07, 6.45) is 0.824. The Bertz CT molecular complexity index is 737. The second-order valence-corrected chi connectivity index (χ2v) is 5.69. The molecule has 1 N–H and O–H groups in total. The van der Waals surface area contributed by atoms with Crippen LogP contribution in [0.5, 0.6) is 0 Å². The zero-order valence-electron chi connectivity index (χ0n) is 9.73. The van der Waals surface area contributed by atoms with Crippen LogP contribution in [0.4, 0.5) is 4.39 Å². The zero-order chi connectivity index (χ0) is 15.9. The highest BCUT2D eigenvalue weighted by molar-refractivity contribution is 6.56. The number of hydrogen-bond acceptors (Lipinski definition) is 2. The van der Waals surface area contributed by atoms with Crippen molar-refractivity contribution in [3.05, 3.63) is 48.8 Å². The summed E-state index contributed by atoms with van der Waals surface area (Å²) in [5.74, 6) is -2.24. The van der Waals surface area contributed by atoms with Crippen molar-refractivity contribution in [2.75, 3.05) is 0 Å². The fourth-order valence-corrected chi connectivity index (χ4v) is 2.93. The Labute approximate surface area is 143 Å². The number of benzene rings is 1. The van der Waals surface area contributed by atoms with Crippen LogP contribution in [0.25, 0.3) is 11.3 Å². The van der Waals surface area contributed by atoms with E-state index in [9.17, 15) is 9.18 Å². The number of carboxylic acid groups (broad SMARTS) is 1. The third-order valence-corrected chi connectivity index (χ3v) is 4.81. The van der Waals surface area contributed by atoms with Crippen LogP contribution in [0.1, 0.15) is 10.4 Å². The van der Waals surface area contributed by atoms with Gasteiger partial charge in [-0.2, -0.15) is 0 Å². The molecule has 0 aliphatic carbocycles. The highest BCUT2D eigenvalue weighted by atomic mass is 35.5. The molecule has 0 bridgehead atoms. The molecule has 1 aromatic heterocycles. The van der Waals surface area contributed by atoms with Crippen molar-refractivity contribution in [3.63, 3.8) is 0 Å². The summed E-state index contributed by atoms with van der Waals surface area (Å²) in [5, 5.41) is 8.60. The molecule has 1 aromatic carbocycles. The van der Waals surface area contributed by atoms with Gasteiger partial charge < -0.3 is 5.11 Å². The molecule has 0 saturated carbocycles. The average Bonchev–Trinajstić information content (AvgIpc) is 2.44. The highest BCUT2D eigenvalue weighted by Gasteiger charge is 2.25. The van der Waals surface area contributed by atoms with Gasteiger partial charge >= 0.3 is 5.97 Å². The van der Waals surface area contributed by atoms with E-state index in [0.29, 0.717) is 0 Å². The molecule has 0 atom stereocenters. The third kappa shape index (κ3) is 2.91. The number of carbonyl (C=O) groups is 1. The molecule has 0 fully saturated rings. The number of halogens is 6. The van der Waals surface area contributed by atoms with E-state index in [-0.39, 0.29) is 36.4 Å². The van der Waals surface area contributed by atoms with Crippen LogP contribution in [0.15, 0.2) is 12.3 Å². The van der Waals surface area contributed by atoms with E-state index in [1.165, 1.54) is 0 Å². The molecule has 21 heavy (non-hydrogen) atoms. The largest absolute Gasteiger partial charge is 0.478 e.